The maximum Gasteiger partial charge on any atom is 0.337 e. The van der Waals surface area contributed by atoms with E-state index in [4.69, 9.17) is 4.74 Å². The van der Waals surface area contributed by atoms with Crippen LogP contribution in [-0.4, -0.2) is 13.1 Å². The lowest BCUT2D eigenvalue weighted by atomic mass is 9.91. The molecule has 2 nitrogen and oxygen atoms in total. The van der Waals surface area contributed by atoms with E-state index in [1.807, 2.05) is 30.3 Å². The van der Waals surface area contributed by atoms with Crippen molar-refractivity contribution in [2.45, 2.75) is 18.8 Å². The van der Waals surface area contributed by atoms with Crippen molar-refractivity contribution in [3.05, 3.63) is 71.5 Å². The number of rotatable bonds is 3. The van der Waals surface area contributed by atoms with Crippen LogP contribution in [0.2, 0.25) is 0 Å². The topological polar surface area (TPSA) is 26.3 Å². The lowest BCUT2D eigenvalue weighted by Crippen LogP contribution is -2.01. The molecule has 0 unspecified atom stereocenters. The van der Waals surface area contributed by atoms with Gasteiger partial charge in [-0.15, -0.1) is 0 Å². The van der Waals surface area contributed by atoms with E-state index in [9.17, 15) is 9.18 Å². The first-order valence-corrected chi connectivity index (χ1v) is 8.09. The first-order chi connectivity index (χ1) is 11.7. The predicted molar refractivity (Wildman–Crippen MR) is 92.7 cm³/mol. The van der Waals surface area contributed by atoms with Crippen molar-refractivity contribution in [1.82, 2.24) is 0 Å². The molecule has 3 aromatic rings. The van der Waals surface area contributed by atoms with Crippen LogP contribution < -0.4 is 0 Å². The number of hydrogen-bond donors (Lipinski definition) is 0. The molecule has 0 atom stereocenters. The minimum atomic E-state index is -0.386. The lowest BCUT2D eigenvalue weighted by Gasteiger charge is -2.13. The monoisotopic (exact) mass is 320 g/mol. The molecule has 1 aliphatic carbocycles. The van der Waals surface area contributed by atoms with E-state index in [2.05, 4.69) is 0 Å². The fourth-order valence-corrected chi connectivity index (χ4v) is 3.29. The molecule has 3 aromatic carbocycles. The fourth-order valence-electron chi connectivity index (χ4n) is 3.29. The Hall–Kier alpha value is -2.68. The van der Waals surface area contributed by atoms with Gasteiger partial charge in [0.1, 0.15) is 5.82 Å². The van der Waals surface area contributed by atoms with Crippen LogP contribution in [0, 0.1) is 5.82 Å². The van der Waals surface area contributed by atoms with E-state index in [-0.39, 0.29) is 11.8 Å². The van der Waals surface area contributed by atoms with Crippen molar-refractivity contribution in [2.24, 2.45) is 0 Å². The molecular formula is C21H17FO2. The molecule has 0 aromatic heterocycles. The van der Waals surface area contributed by atoms with Gasteiger partial charge >= 0.3 is 5.97 Å². The van der Waals surface area contributed by atoms with E-state index in [1.165, 1.54) is 13.2 Å². The second-order valence-electron chi connectivity index (χ2n) is 6.21. The normalized spacial score (nSPS) is 13.9. The third-order valence-electron chi connectivity index (χ3n) is 4.64. The molecule has 0 radical (unpaired) electrons. The van der Waals surface area contributed by atoms with E-state index in [0.717, 1.165) is 34.7 Å². The summed E-state index contributed by atoms with van der Waals surface area (Å²) in [6.07, 6.45) is 2.21. The van der Waals surface area contributed by atoms with Gasteiger partial charge in [-0.3, -0.25) is 0 Å². The van der Waals surface area contributed by atoms with Gasteiger partial charge in [0, 0.05) is 5.56 Å². The molecule has 1 saturated carbocycles. The molecule has 0 saturated heterocycles. The van der Waals surface area contributed by atoms with Crippen molar-refractivity contribution in [3.8, 4) is 11.1 Å². The van der Waals surface area contributed by atoms with Crippen LogP contribution in [-0.2, 0) is 4.74 Å². The Labute approximate surface area is 139 Å². The van der Waals surface area contributed by atoms with E-state index >= 15 is 0 Å². The number of carbonyl (C=O) groups is 1. The van der Waals surface area contributed by atoms with Crippen LogP contribution in [0.5, 0.6) is 0 Å². The number of esters is 1. The number of halogens is 1. The molecule has 0 bridgehead atoms. The molecule has 0 N–H and O–H groups in total. The number of hydrogen-bond acceptors (Lipinski definition) is 2. The summed E-state index contributed by atoms with van der Waals surface area (Å²) in [5.41, 5.74) is 3.03. The Morgan fingerprint density at radius 2 is 1.88 bits per heavy atom. The third-order valence-corrected chi connectivity index (χ3v) is 4.64. The van der Waals surface area contributed by atoms with Crippen molar-refractivity contribution < 1.29 is 13.9 Å². The summed E-state index contributed by atoms with van der Waals surface area (Å²) in [7, 11) is 1.36. The average molecular weight is 320 g/mol. The lowest BCUT2D eigenvalue weighted by molar-refractivity contribution is 0.0601. The Morgan fingerprint density at radius 1 is 1.08 bits per heavy atom. The van der Waals surface area contributed by atoms with Gasteiger partial charge < -0.3 is 4.74 Å². The van der Waals surface area contributed by atoms with Crippen LogP contribution in [0.15, 0.2) is 54.6 Å². The average Bonchev–Trinajstić information content (AvgIpc) is 3.45. The van der Waals surface area contributed by atoms with Gasteiger partial charge in [0.05, 0.1) is 12.7 Å². The zero-order valence-corrected chi connectivity index (χ0v) is 13.4. The SMILES string of the molecule is COC(=O)c1ccc2cccc(-c3c(F)cccc3C3CC3)c2c1. The smallest absolute Gasteiger partial charge is 0.337 e. The highest BCUT2D eigenvalue weighted by molar-refractivity contribution is 6.02. The van der Waals surface area contributed by atoms with Crippen molar-refractivity contribution in [1.29, 1.82) is 0 Å². The summed E-state index contributed by atoms with van der Waals surface area (Å²) in [4.78, 5) is 11.9. The van der Waals surface area contributed by atoms with Crippen molar-refractivity contribution >= 4 is 16.7 Å². The van der Waals surface area contributed by atoms with Crippen LogP contribution in [0.3, 0.4) is 0 Å². The molecule has 120 valence electrons. The molecule has 1 aliphatic rings. The molecule has 3 heteroatoms. The zero-order chi connectivity index (χ0) is 16.7. The van der Waals surface area contributed by atoms with Gasteiger partial charge in [0.15, 0.2) is 0 Å². The van der Waals surface area contributed by atoms with Gasteiger partial charge in [0.25, 0.3) is 0 Å². The first-order valence-electron chi connectivity index (χ1n) is 8.09. The predicted octanol–water partition coefficient (Wildman–Crippen LogP) is 5.31. The number of methoxy groups -OCH3 is 1. The standard InChI is InChI=1S/C21H17FO2/c1-24-21(23)15-11-10-13-4-2-6-17(18(13)12-15)20-16(14-8-9-14)5-3-7-19(20)22/h2-7,10-12,14H,8-9H2,1H3. The fraction of sp³-hybridized carbons (Fsp3) is 0.190. The summed E-state index contributed by atoms with van der Waals surface area (Å²) in [5.74, 6) is -0.159. The minimum absolute atomic E-state index is 0.213. The molecule has 0 heterocycles. The largest absolute Gasteiger partial charge is 0.465 e. The van der Waals surface area contributed by atoms with Crippen LogP contribution >= 0.6 is 0 Å². The van der Waals surface area contributed by atoms with Crippen LogP contribution in [0.1, 0.15) is 34.7 Å². The second-order valence-corrected chi connectivity index (χ2v) is 6.21. The van der Waals surface area contributed by atoms with Crippen molar-refractivity contribution in [2.75, 3.05) is 7.11 Å². The third kappa shape index (κ3) is 2.46. The molecule has 24 heavy (non-hydrogen) atoms. The van der Waals surface area contributed by atoms with E-state index < -0.39 is 0 Å². The highest BCUT2D eigenvalue weighted by Crippen LogP contribution is 2.46. The van der Waals surface area contributed by atoms with Gasteiger partial charge in [0.2, 0.25) is 0 Å². The summed E-state index contributed by atoms with van der Waals surface area (Å²) in [6, 6.07) is 16.5. The molecule has 1 fully saturated rings. The molecule has 0 amide bonds. The van der Waals surface area contributed by atoms with Gasteiger partial charge in [-0.05, 0) is 58.9 Å². The molecular weight excluding hydrogens is 303 g/mol. The van der Waals surface area contributed by atoms with E-state index in [0.29, 0.717) is 17.0 Å². The highest BCUT2D eigenvalue weighted by atomic mass is 19.1. The molecule has 4 rings (SSSR count). The first kappa shape index (κ1) is 14.9. The Kier molecular flexibility index (Phi) is 3.57. The Bertz CT molecular complexity index is 942. The maximum absolute atomic E-state index is 14.7. The highest BCUT2D eigenvalue weighted by Gasteiger charge is 2.28. The summed E-state index contributed by atoms with van der Waals surface area (Å²) in [6.45, 7) is 0. The summed E-state index contributed by atoms with van der Waals surface area (Å²) < 4.78 is 19.5. The summed E-state index contributed by atoms with van der Waals surface area (Å²) >= 11 is 0. The second kappa shape index (κ2) is 5.75. The van der Waals surface area contributed by atoms with Crippen LogP contribution in [0.4, 0.5) is 4.39 Å². The Balaban J connectivity index is 1.99. The van der Waals surface area contributed by atoms with Crippen LogP contribution in [0.25, 0.3) is 21.9 Å². The zero-order valence-electron chi connectivity index (χ0n) is 13.4. The number of fused-ring (bicyclic) bond motifs is 1. The van der Waals surface area contributed by atoms with E-state index in [1.54, 1.807) is 18.2 Å². The maximum atomic E-state index is 14.7. The summed E-state index contributed by atoms with van der Waals surface area (Å²) in [5, 5.41) is 1.84. The Morgan fingerprint density at radius 3 is 2.62 bits per heavy atom. The van der Waals surface area contributed by atoms with Gasteiger partial charge in [-0.2, -0.15) is 0 Å². The molecule has 0 aliphatic heterocycles. The van der Waals surface area contributed by atoms with Crippen molar-refractivity contribution in [3.63, 3.8) is 0 Å². The molecule has 0 spiro atoms. The number of benzene rings is 3. The minimum Gasteiger partial charge on any atom is -0.465 e. The number of carbonyl (C=O) groups excluding carboxylic acids is 1. The number of ether oxygens (including phenoxy) is 1. The quantitative estimate of drug-likeness (QED) is 0.611. The van der Waals surface area contributed by atoms with Gasteiger partial charge in [-0.25, -0.2) is 9.18 Å². The van der Waals surface area contributed by atoms with Gasteiger partial charge in [-0.1, -0.05) is 36.4 Å².